The van der Waals surface area contributed by atoms with Crippen molar-refractivity contribution in [2.45, 2.75) is 52.1 Å². The number of hydrogen-bond acceptors (Lipinski definition) is 3. The Morgan fingerprint density at radius 2 is 1.89 bits per heavy atom. The minimum absolute atomic E-state index is 0.500. The van der Waals surface area contributed by atoms with Gasteiger partial charge in [0, 0.05) is 19.9 Å². The molecule has 4 heteroatoms. The molecule has 106 valence electrons. The van der Waals surface area contributed by atoms with Gasteiger partial charge < -0.3 is 14.8 Å². The van der Waals surface area contributed by atoms with Gasteiger partial charge in [0.2, 0.25) is 0 Å². The summed E-state index contributed by atoms with van der Waals surface area (Å²) in [7, 11) is 4.59. The normalized spacial score (nSPS) is 25.8. The fourth-order valence-corrected chi connectivity index (χ4v) is 2.48. The Labute approximate surface area is 111 Å². The lowest BCUT2D eigenvalue weighted by atomic mass is 10.1. The molecule has 0 saturated carbocycles. The fourth-order valence-electron chi connectivity index (χ4n) is 2.48. The minimum atomic E-state index is -0.500. The van der Waals surface area contributed by atoms with Gasteiger partial charge in [-0.1, -0.05) is 26.7 Å². The molecule has 0 aromatic heterocycles. The Bertz CT molecular complexity index is 256. The van der Waals surface area contributed by atoms with Crippen LogP contribution in [-0.2, 0) is 4.79 Å². The largest absolute Gasteiger partial charge is 0.554 e. The van der Waals surface area contributed by atoms with Crippen LogP contribution < -0.4 is 5.11 Å². The summed E-state index contributed by atoms with van der Waals surface area (Å²) in [5.74, 6) is 0. The van der Waals surface area contributed by atoms with Gasteiger partial charge in [0.05, 0.1) is 19.8 Å². The summed E-state index contributed by atoms with van der Waals surface area (Å²) in [4.78, 5) is 10.6. The molecule has 0 aromatic rings. The quantitative estimate of drug-likeness (QED) is 0.535. The van der Waals surface area contributed by atoms with Crippen LogP contribution in [0.2, 0.25) is 0 Å². The van der Waals surface area contributed by atoms with E-state index in [1.54, 1.807) is 0 Å². The maximum Gasteiger partial charge on any atom is 0.168 e. The van der Waals surface area contributed by atoms with Crippen molar-refractivity contribution in [2.75, 3.05) is 20.6 Å². The molecule has 1 aliphatic heterocycles. The highest BCUT2D eigenvalue weighted by atomic mass is 16.3. The maximum atomic E-state index is 8.25. The third-order valence-electron chi connectivity index (χ3n) is 3.60. The Morgan fingerprint density at radius 3 is 2.39 bits per heavy atom. The van der Waals surface area contributed by atoms with E-state index in [-0.39, 0.29) is 0 Å². The minimum Gasteiger partial charge on any atom is -0.554 e. The second-order valence-corrected chi connectivity index (χ2v) is 5.11. The zero-order valence-corrected chi connectivity index (χ0v) is 12.3. The molecular weight excluding hydrogens is 228 g/mol. The molecule has 1 rings (SSSR count). The zero-order valence-electron chi connectivity index (χ0n) is 12.3. The van der Waals surface area contributed by atoms with E-state index in [0.29, 0.717) is 6.17 Å². The van der Waals surface area contributed by atoms with E-state index in [1.165, 1.54) is 38.6 Å². The van der Waals surface area contributed by atoms with Gasteiger partial charge in [-0.05, 0) is 12.8 Å². The molecule has 0 bridgehead atoms. The summed E-state index contributed by atoms with van der Waals surface area (Å²) in [6.07, 6.45) is 11.9. The Balaban J connectivity index is 0.000000873. The first-order valence-electron chi connectivity index (χ1n) is 6.87. The fraction of sp³-hybridized carbons (Fsp3) is 0.786. The summed E-state index contributed by atoms with van der Waals surface area (Å²) in [6.45, 7) is 5.33. The second-order valence-electron chi connectivity index (χ2n) is 5.11. The Hall–Kier alpha value is -1.03. The molecular formula is C14H28N2O2. The molecule has 2 atom stereocenters. The number of nitrogens with zero attached hydrogens (tertiary/aromatic N) is 2. The van der Waals surface area contributed by atoms with Crippen LogP contribution in [0.1, 0.15) is 46.0 Å². The third-order valence-corrected chi connectivity index (χ3v) is 3.60. The first kappa shape index (κ1) is 17.0. The summed E-state index contributed by atoms with van der Waals surface area (Å²) >= 11 is 0. The van der Waals surface area contributed by atoms with Crippen LogP contribution in [0.5, 0.6) is 0 Å². The molecule has 2 unspecified atom stereocenters. The number of carbonyl (C=O) groups is 1. The molecule has 4 nitrogen and oxygen atoms in total. The highest BCUT2D eigenvalue weighted by Gasteiger charge is 2.36. The standard InChI is InChI=1S/C13H27N2.CH2O2/c1-5-7-9-13-14(3)10-12-15(13,4)11-8-6-2;2-1-3/h10,12-13H,5-9,11H2,1-4H3;1H,(H,2,3)/q+1;/p-1. The van der Waals surface area contributed by atoms with Gasteiger partial charge in [-0.3, -0.25) is 4.48 Å². The first-order valence-corrected chi connectivity index (χ1v) is 6.87. The average Bonchev–Trinajstić information content (AvgIpc) is 2.62. The van der Waals surface area contributed by atoms with Crippen molar-refractivity contribution in [3.8, 4) is 0 Å². The summed E-state index contributed by atoms with van der Waals surface area (Å²) in [5, 5.41) is 8.25. The van der Waals surface area contributed by atoms with Crippen LogP contribution in [0.25, 0.3) is 0 Å². The molecule has 1 aliphatic rings. The molecule has 1 heterocycles. The van der Waals surface area contributed by atoms with Crippen molar-refractivity contribution < 1.29 is 14.4 Å². The summed E-state index contributed by atoms with van der Waals surface area (Å²) in [6, 6.07) is 0. The highest BCUT2D eigenvalue weighted by molar-refractivity contribution is 5.29. The van der Waals surface area contributed by atoms with Crippen molar-refractivity contribution in [1.82, 2.24) is 4.90 Å². The van der Waals surface area contributed by atoms with Crippen molar-refractivity contribution in [1.29, 1.82) is 0 Å². The number of unbranched alkanes of at least 4 members (excludes halogenated alkanes) is 2. The van der Waals surface area contributed by atoms with Gasteiger partial charge in [-0.15, -0.1) is 0 Å². The van der Waals surface area contributed by atoms with Crippen LogP contribution in [0.4, 0.5) is 0 Å². The molecule has 0 amide bonds. The Morgan fingerprint density at radius 1 is 1.33 bits per heavy atom. The van der Waals surface area contributed by atoms with Crippen LogP contribution >= 0.6 is 0 Å². The third kappa shape index (κ3) is 5.08. The topological polar surface area (TPSA) is 43.4 Å². The molecule has 0 aromatic carbocycles. The molecule has 0 fully saturated rings. The van der Waals surface area contributed by atoms with Crippen LogP contribution in [-0.4, -0.2) is 42.7 Å². The number of quaternary nitrogens is 1. The maximum absolute atomic E-state index is 8.25. The predicted molar refractivity (Wildman–Crippen MR) is 72.2 cm³/mol. The molecule has 0 saturated heterocycles. The van der Waals surface area contributed by atoms with Crippen molar-refractivity contribution in [2.24, 2.45) is 0 Å². The highest BCUT2D eigenvalue weighted by Crippen LogP contribution is 2.26. The SMILES string of the molecule is CCCCC1N(C)C=C[N+]1(C)CCCC.O=C[O-]. The van der Waals surface area contributed by atoms with E-state index >= 15 is 0 Å². The lowest BCUT2D eigenvalue weighted by Crippen LogP contribution is -2.50. The van der Waals surface area contributed by atoms with E-state index in [4.69, 9.17) is 9.90 Å². The van der Waals surface area contributed by atoms with Gasteiger partial charge in [0.15, 0.2) is 6.17 Å². The van der Waals surface area contributed by atoms with E-state index < -0.39 is 6.47 Å². The van der Waals surface area contributed by atoms with Crippen molar-refractivity contribution in [3.63, 3.8) is 0 Å². The van der Waals surface area contributed by atoms with Crippen molar-refractivity contribution >= 4 is 6.47 Å². The summed E-state index contributed by atoms with van der Waals surface area (Å²) < 4.78 is 1.12. The number of carbonyl (C=O) groups excluding carboxylic acids is 1. The van der Waals surface area contributed by atoms with Gasteiger partial charge in [-0.25, -0.2) is 0 Å². The first-order chi connectivity index (χ1) is 8.55. The van der Waals surface area contributed by atoms with Crippen LogP contribution in [0.15, 0.2) is 12.4 Å². The molecule has 0 N–H and O–H groups in total. The summed E-state index contributed by atoms with van der Waals surface area (Å²) in [5.41, 5.74) is 0. The zero-order chi connectivity index (χ0) is 14.0. The van der Waals surface area contributed by atoms with Gasteiger partial charge in [-0.2, -0.15) is 0 Å². The van der Waals surface area contributed by atoms with E-state index in [9.17, 15) is 0 Å². The Kier molecular flexibility index (Phi) is 8.46. The van der Waals surface area contributed by atoms with Crippen LogP contribution in [0.3, 0.4) is 0 Å². The lowest BCUT2D eigenvalue weighted by Gasteiger charge is -2.37. The predicted octanol–water partition coefficient (Wildman–Crippen LogP) is 1.53. The molecule has 0 spiro atoms. The van der Waals surface area contributed by atoms with Gasteiger partial charge in [0.25, 0.3) is 0 Å². The monoisotopic (exact) mass is 256 g/mol. The van der Waals surface area contributed by atoms with Crippen molar-refractivity contribution in [3.05, 3.63) is 12.4 Å². The van der Waals surface area contributed by atoms with E-state index in [2.05, 4.69) is 45.2 Å². The number of rotatable bonds is 6. The smallest absolute Gasteiger partial charge is 0.168 e. The van der Waals surface area contributed by atoms with Gasteiger partial charge in [0.1, 0.15) is 6.20 Å². The van der Waals surface area contributed by atoms with E-state index in [1.807, 2.05) is 0 Å². The molecule has 0 radical (unpaired) electrons. The van der Waals surface area contributed by atoms with Crippen LogP contribution in [0, 0.1) is 0 Å². The molecule has 18 heavy (non-hydrogen) atoms. The number of hydrogen-bond donors (Lipinski definition) is 0. The second kappa shape index (κ2) is 8.97. The van der Waals surface area contributed by atoms with E-state index in [0.717, 1.165) is 4.48 Å². The van der Waals surface area contributed by atoms with Gasteiger partial charge >= 0.3 is 0 Å². The number of carboxylic acid groups (broad SMARTS) is 1. The average molecular weight is 256 g/mol. The molecule has 0 aliphatic carbocycles. The lowest BCUT2D eigenvalue weighted by molar-refractivity contribution is -0.888.